The molecule has 1 amide bonds. The fourth-order valence-corrected chi connectivity index (χ4v) is 3.24. The van der Waals surface area contributed by atoms with Gasteiger partial charge in [0.2, 0.25) is 5.91 Å². The van der Waals surface area contributed by atoms with Crippen molar-refractivity contribution in [2.24, 2.45) is 0 Å². The molecule has 2 aliphatic rings. The van der Waals surface area contributed by atoms with E-state index in [9.17, 15) is 4.79 Å². The second kappa shape index (κ2) is 6.04. The molecule has 6 heteroatoms. The van der Waals surface area contributed by atoms with Gasteiger partial charge in [0, 0.05) is 37.5 Å². The Kier molecular flexibility index (Phi) is 3.75. The van der Waals surface area contributed by atoms with Gasteiger partial charge >= 0.3 is 0 Å². The molecular weight excluding hydrogens is 290 g/mol. The van der Waals surface area contributed by atoms with Gasteiger partial charge < -0.3 is 10.2 Å². The van der Waals surface area contributed by atoms with E-state index in [0.29, 0.717) is 12.4 Å². The predicted octanol–water partition coefficient (Wildman–Crippen LogP) is 1.18. The highest BCUT2D eigenvalue weighted by Gasteiger charge is 2.29. The topological polar surface area (TPSA) is 71.0 Å². The molecule has 6 nitrogen and oxygen atoms in total. The average Bonchev–Trinajstić information content (AvgIpc) is 3.15. The zero-order valence-electron chi connectivity index (χ0n) is 12.9. The number of carbonyl (C=O) groups is 1. The fourth-order valence-electron chi connectivity index (χ4n) is 3.24. The lowest BCUT2D eigenvalue weighted by atomic mass is 10.1. The van der Waals surface area contributed by atoms with Crippen molar-refractivity contribution in [2.75, 3.05) is 13.1 Å². The van der Waals surface area contributed by atoms with Crippen LogP contribution in [0, 0.1) is 0 Å². The molecule has 2 aromatic rings. The van der Waals surface area contributed by atoms with Crippen LogP contribution in [-0.2, 0) is 17.8 Å². The summed E-state index contributed by atoms with van der Waals surface area (Å²) in [4.78, 5) is 27.8. The number of hydrogen-bond acceptors (Lipinski definition) is 5. The molecule has 4 rings (SSSR count). The molecule has 4 heterocycles. The summed E-state index contributed by atoms with van der Waals surface area (Å²) >= 11 is 0. The van der Waals surface area contributed by atoms with Crippen LogP contribution in [-0.4, -0.2) is 44.9 Å². The van der Waals surface area contributed by atoms with Crippen LogP contribution in [0.2, 0.25) is 0 Å². The smallest absolute Gasteiger partial charge is 0.240 e. The van der Waals surface area contributed by atoms with E-state index in [0.717, 1.165) is 49.3 Å². The van der Waals surface area contributed by atoms with E-state index in [1.807, 2.05) is 29.3 Å². The predicted molar refractivity (Wildman–Crippen MR) is 85.4 cm³/mol. The van der Waals surface area contributed by atoms with Crippen LogP contribution >= 0.6 is 0 Å². The third kappa shape index (κ3) is 2.82. The molecule has 0 saturated carbocycles. The summed E-state index contributed by atoms with van der Waals surface area (Å²) in [5, 5.41) is 3.28. The van der Waals surface area contributed by atoms with E-state index in [1.165, 1.54) is 0 Å². The molecule has 0 spiro atoms. The number of aromatic nitrogens is 3. The first-order valence-corrected chi connectivity index (χ1v) is 8.09. The van der Waals surface area contributed by atoms with Gasteiger partial charge in [0.05, 0.1) is 11.7 Å². The molecule has 0 aromatic carbocycles. The van der Waals surface area contributed by atoms with Gasteiger partial charge in [-0.1, -0.05) is 6.07 Å². The van der Waals surface area contributed by atoms with Crippen LogP contribution in [0.25, 0.3) is 11.5 Å². The van der Waals surface area contributed by atoms with Gasteiger partial charge in [0.1, 0.15) is 5.69 Å². The Bertz CT molecular complexity index is 712. The lowest BCUT2D eigenvalue weighted by Gasteiger charge is -2.30. The zero-order valence-corrected chi connectivity index (χ0v) is 12.9. The van der Waals surface area contributed by atoms with Crippen molar-refractivity contribution in [2.45, 2.75) is 31.8 Å². The number of nitrogens with one attached hydrogen (secondary N) is 1. The van der Waals surface area contributed by atoms with Crippen molar-refractivity contribution < 1.29 is 4.79 Å². The van der Waals surface area contributed by atoms with Gasteiger partial charge in [0.15, 0.2) is 5.82 Å². The number of fused-ring (bicyclic) bond motifs is 1. The molecule has 0 unspecified atom stereocenters. The lowest BCUT2D eigenvalue weighted by molar-refractivity contribution is -0.134. The summed E-state index contributed by atoms with van der Waals surface area (Å²) < 4.78 is 0. The Balaban J connectivity index is 1.53. The first-order chi connectivity index (χ1) is 11.3. The molecular formula is C17H19N5O. The monoisotopic (exact) mass is 309 g/mol. The lowest BCUT2D eigenvalue weighted by Crippen LogP contribution is -2.45. The van der Waals surface area contributed by atoms with Gasteiger partial charge in [-0.15, -0.1) is 0 Å². The van der Waals surface area contributed by atoms with Crippen LogP contribution in [0.5, 0.6) is 0 Å². The van der Waals surface area contributed by atoms with Crippen LogP contribution in [0.4, 0.5) is 0 Å². The molecule has 1 saturated heterocycles. The fraction of sp³-hybridized carbons (Fsp3) is 0.412. The summed E-state index contributed by atoms with van der Waals surface area (Å²) in [7, 11) is 0. The third-order valence-electron chi connectivity index (χ3n) is 4.50. The SMILES string of the molecule is O=C([C@@H]1CCCN1)N1CCc2nc(-c3ccccn3)ncc2C1. The van der Waals surface area contributed by atoms with E-state index >= 15 is 0 Å². The minimum Gasteiger partial charge on any atom is -0.336 e. The van der Waals surface area contributed by atoms with Crippen molar-refractivity contribution in [1.82, 2.24) is 25.2 Å². The minimum absolute atomic E-state index is 0.00902. The highest BCUT2D eigenvalue weighted by atomic mass is 16.2. The van der Waals surface area contributed by atoms with Crippen molar-refractivity contribution in [1.29, 1.82) is 0 Å². The van der Waals surface area contributed by atoms with Crippen molar-refractivity contribution in [3.63, 3.8) is 0 Å². The molecule has 0 aliphatic carbocycles. The summed E-state index contributed by atoms with van der Waals surface area (Å²) in [6, 6.07) is 5.71. The number of pyridine rings is 1. The maximum absolute atomic E-state index is 12.5. The van der Waals surface area contributed by atoms with Crippen LogP contribution in [0.3, 0.4) is 0 Å². The Hall–Kier alpha value is -2.34. The maximum Gasteiger partial charge on any atom is 0.240 e. The zero-order chi connectivity index (χ0) is 15.6. The summed E-state index contributed by atoms with van der Waals surface area (Å²) in [5.41, 5.74) is 2.86. The van der Waals surface area contributed by atoms with Crippen molar-refractivity contribution in [3.05, 3.63) is 41.9 Å². The number of hydrogen-bond donors (Lipinski definition) is 1. The molecule has 1 N–H and O–H groups in total. The molecule has 23 heavy (non-hydrogen) atoms. The number of amides is 1. The minimum atomic E-state index is -0.00902. The highest BCUT2D eigenvalue weighted by Crippen LogP contribution is 2.21. The van der Waals surface area contributed by atoms with E-state index in [-0.39, 0.29) is 11.9 Å². The quantitative estimate of drug-likeness (QED) is 0.902. The second-order valence-corrected chi connectivity index (χ2v) is 6.04. The molecule has 0 radical (unpaired) electrons. The summed E-state index contributed by atoms with van der Waals surface area (Å²) in [5.74, 6) is 0.864. The Morgan fingerprint density at radius 2 is 2.26 bits per heavy atom. The standard InChI is InChI=1S/C17H19N5O/c23-17(15-5-3-8-19-15)22-9-6-13-12(11-22)10-20-16(21-13)14-4-1-2-7-18-14/h1-2,4,7,10,15,19H,3,5-6,8-9,11H2/t15-/m0/s1. The van der Waals surface area contributed by atoms with Crippen molar-refractivity contribution >= 4 is 5.91 Å². The van der Waals surface area contributed by atoms with Gasteiger partial charge in [0.25, 0.3) is 0 Å². The Labute approximate surface area is 135 Å². The normalized spacial score (nSPS) is 20.3. The van der Waals surface area contributed by atoms with Crippen LogP contribution in [0.1, 0.15) is 24.1 Å². The van der Waals surface area contributed by atoms with Crippen LogP contribution in [0.15, 0.2) is 30.6 Å². The van der Waals surface area contributed by atoms with Gasteiger partial charge in [-0.2, -0.15) is 0 Å². The van der Waals surface area contributed by atoms with E-state index in [2.05, 4.69) is 20.3 Å². The molecule has 1 fully saturated rings. The van der Waals surface area contributed by atoms with E-state index in [1.54, 1.807) is 6.20 Å². The highest BCUT2D eigenvalue weighted by molar-refractivity contribution is 5.82. The van der Waals surface area contributed by atoms with Crippen LogP contribution < -0.4 is 5.32 Å². The molecule has 1 atom stereocenters. The van der Waals surface area contributed by atoms with E-state index in [4.69, 9.17) is 0 Å². The molecule has 2 aromatic heterocycles. The molecule has 0 bridgehead atoms. The number of nitrogens with zero attached hydrogens (tertiary/aromatic N) is 4. The first kappa shape index (κ1) is 14.3. The van der Waals surface area contributed by atoms with Gasteiger partial charge in [-0.3, -0.25) is 9.78 Å². The van der Waals surface area contributed by atoms with Crippen molar-refractivity contribution in [3.8, 4) is 11.5 Å². The second-order valence-electron chi connectivity index (χ2n) is 6.04. The number of rotatable bonds is 2. The first-order valence-electron chi connectivity index (χ1n) is 8.09. The average molecular weight is 309 g/mol. The Morgan fingerprint density at radius 1 is 1.30 bits per heavy atom. The van der Waals surface area contributed by atoms with Gasteiger partial charge in [-0.05, 0) is 31.5 Å². The third-order valence-corrected chi connectivity index (χ3v) is 4.50. The summed E-state index contributed by atoms with van der Waals surface area (Å²) in [6.45, 7) is 2.27. The maximum atomic E-state index is 12.5. The Morgan fingerprint density at radius 3 is 3.04 bits per heavy atom. The van der Waals surface area contributed by atoms with Gasteiger partial charge in [-0.25, -0.2) is 9.97 Å². The number of carbonyl (C=O) groups excluding carboxylic acids is 1. The molecule has 2 aliphatic heterocycles. The van der Waals surface area contributed by atoms with E-state index < -0.39 is 0 Å². The molecule has 118 valence electrons. The summed E-state index contributed by atoms with van der Waals surface area (Å²) in [6.07, 6.45) is 6.38. The largest absolute Gasteiger partial charge is 0.336 e.